The van der Waals surface area contributed by atoms with Crippen LogP contribution in [0.15, 0.2) is 82.6 Å². The van der Waals surface area contributed by atoms with E-state index in [-0.39, 0.29) is 10.9 Å². The Labute approximate surface area is 145 Å². The summed E-state index contributed by atoms with van der Waals surface area (Å²) >= 11 is 0. The first-order valence-electron chi connectivity index (χ1n) is 8.15. The summed E-state index contributed by atoms with van der Waals surface area (Å²) in [5.74, 6) is 0. The maximum Gasteiger partial charge on any atom is 0.160 e. The molecule has 0 radical (unpaired) electrons. The van der Waals surface area contributed by atoms with Crippen LogP contribution in [-0.2, 0) is 10.9 Å². The highest BCUT2D eigenvalue weighted by molar-refractivity contribution is 8.00. The van der Waals surface area contributed by atoms with Gasteiger partial charge in [0.05, 0.1) is 10.9 Å². The lowest BCUT2D eigenvalue weighted by atomic mass is 10.2. The summed E-state index contributed by atoms with van der Waals surface area (Å²) in [7, 11) is 0.193. The highest BCUT2D eigenvalue weighted by Gasteiger charge is 2.18. The van der Waals surface area contributed by atoms with Crippen LogP contribution in [0.3, 0.4) is 0 Å². The molecule has 0 saturated heterocycles. The van der Waals surface area contributed by atoms with Gasteiger partial charge in [-0.3, -0.25) is 0 Å². The van der Waals surface area contributed by atoms with E-state index in [1.807, 2.05) is 18.2 Å². The fraction of sp³-hybridized carbons (Fsp3) is 0.273. The Balaban J connectivity index is 0.000000313. The minimum absolute atomic E-state index is 0.193. The fourth-order valence-electron chi connectivity index (χ4n) is 2.02. The smallest absolute Gasteiger partial charge is 0.0798 e. The lowest BCUT2D eigenvalue weighted by Crippen LogP contribution is -2.01. The first-order chi connectivity index (χ1) is 11.1. The van der Waals surface area contributed by atoms with Gasteiger partial charge in [-0.2, -0.15) is 0 Å². The van der Waals surface area contributed by atoms with Gasteiger partial charge in [-0.05, 0) is 51.5 Å². The fourth-order valence-corrected chi connectivity index (χ4v) is 3.49. The molecule has 122 valence electrons. The zero-order valence-corrected chi connectivity index (χ0v) is 15.9. The molecule has 0 nitrogen and oxygen atoms in total. The largest absolute Gasteiger partial charge is 0.160 e. The number of hydrogen-bond donors (Lipinski definition) is 0. The van der Waals surface area contributed by atoms with Crippen molar-refractivity contribution < 1.29 is 0 Å². The van der Waals surface area contributed by atoms with E-state index in [0.29, 0.717) is 0 Å². The number of hydrogen-bond acceptors (Lipinski definition) is 0. The van der Waals surface area contributed by atoms with Gasteiger partial charge in [0.25, 0.3) is 0 Å². The summed E-state index contributed by atoms with van der Waals surface area (Å²) in [6, 6.07) is 19.1. The van der Waals surface area contributed by atoms with E-state index in [1.165, 1.54) is 20.9 Å². The lowest BCUT2D eigenvalue weighted by molar-refractivity contribution is 1.22. The summed E-state index contributed by atoms with van der Waals surface area (Å²) in [6.45, 7) is 8.50. The molecule has 0 spiro atoms. The SMILES string of the molecule is C/C=C(\C=C/CC)[S+](C)c1ccc(C)cc1.Cc1ccccc1. The van der Waals surface area contributed by atoms with E-state index in [2.05, 4.69) is 88.6 Å². The molecule has 1 atom stereocenters. The van der Waals surface area contributed by atoms with E-state index < -0.39 is 0 Å². The molecule has 0 N–H and O–H groups in total. The molecule has 0 saturated carbocycles. The van der Waals surface area contributed by atoms with Crippen molar-refractivity contribution >= 4 is 10.9 Å². The second-order valence-corrected chi connectivity index (χ2v) is 7.44. The van der Waals surface area contributed by atoms with Crippen LogP contribution in [0.25, 0.3) is 0 Å². The van der Waals surface area contributed by atoms with Gasteiger partial charge >= 0.3 is 0 Å². The summed E-state index contributed by atoms with van der Waals surface area (Å²) in [5, 5.41) is 0. The molecule has 2 rings (SSSR count). The third-order valence-corrected chi connectivity index (χ3v) is 5.53. The van der Waals surface area contributed by atoms with Crippen LogP contribution in [0.5, 0.6) is 0 Å². The minimum atomic E-state index is 0.193. The van der Waals surface area contributed by atoms with Crippen molar-refractivity contribution in [3.63, 3.8) is 0 Å². The van der Waals surface area contributed by atoms with E-state index in [4.69, 9.17) is 0 Å². The molecule has 1 unspecified atom stereocenters. The lowest BCUT2D eigenvalue weighted by Gasteiger charge is -2.03. The monoisotopic (exact) mass is 325 g/mol. The topological polar surface area (TPSA) is 0 Å². The van der Waals surface area contributed by atoms with E-state index in [0.717, 1.165) is 6.42 Å². The van der Waals surface area contributed by atoms with Crippen molar-refractivity contribution in [1.29, 1.82) is 0 Å². The molecule has 0 amide bonds. The Morgan fingerprint density at radius 1 is 0.913 bits per heavy atom. The van der Waals surface area contributed by atoms with Gasteiger partial charge in [-0.1, -0.05) is 66.6 Å². The zero-order chi connectivity index (χ0) is 17.1. The highest BCUT2D eigenvalue weighted by Crippen LogP contribution is 2.21. The van der Waals surface area contributed by atoms with Gasteiger partial charge in [0.15, 0.2) is 9.80 Å². The maximum atomic E-state index is 2.29. The Bertz CT molecular complexity index is 606. The number of allylic oxidation sites excluding steroid dienone is 3. The molecular formula is C22H29S+. The Hall–Kier alpha value is -1.73. The first kappa shape index (κ1) is 19.3. The van der Waals surface area contributed by atoms with Crippen molar-refractivity contribution in [1.82, 2.24) is 0 Å². The molecule has 23 heavy (non-hydrogen) atoms. The van der Waals surface area contributed by atoms with Gasteiger partial charge in [0.1, 0.15) is 6.26 Å². The minimum Gasteiger partial charge on any atom is -0.0798 e. The van der Waals surface area contributed by atoms with Crippen LogP contribution in [0.4, 0.5) is 0 Å². The van der Waals surface area contributed by atoms with Crippen molar-refractivity contribution in [2.75, 3.05) is 6.26 Å². The molecule has 0 fully saturated rings. The van der Waals surface area contributed by atoms with Crippen molar-refractivity contribution in [2.45, 2.75) is 39.0 Å². The molecule has 2 aromatic rings. The summed E-state index contributed by atoms with van der Waals surface area (Å²) in [5.41, 5.74) is 2.65. The zero-order valence-electron chi connectivity index (χ0n) is 15.0. The quantitative estimate of drug-likeness (QED) is 0.446. The van der Waals surface area contributed by atoms with Crippen LogP contribution < -0.4 is 0 Å². The van der Waals surface area contributed by atoms with E-state index in [1.54, 1.807) is 0 Å². The Morgan fingerprint density at radius 2 is 1.48 bits per heavy atom. The number of aryl methyl sites for hydroxylation is 2. The third kappa shape index (κ3) is 7.38. The Morgan fingerprint density at radius 3 is 1.91 bits per heavy atom. The summed E-state index contributed by atoms with van der Waals surface area (Å²) in [4.78, 5) is 2.84. The van der Waals surface area contributed by atoms with E-state index >= 15 is 0 Å². The first-order valence-corrected chi connectivity index (χ1v) is 9.78. The van der Waals surface area contributed by atoms with Crippen LogP contribution in [0.1, 0.15) is 31.4 Å². The average Bonchev–Trinajstić information content (AvgIpc) is 2.57. The van der Waals surface area contributed by atoms with Crippen LogP contribution in [0.2, 0.25) is 0 Å². The van der Waals surface area contributed by atoms with Gasteiger partial charge in [0.2, 0.25) is 0 Å². The molecule has 0 bridgehead atoms. The normalized spacial score (nSPS) is 12.7. The second-order valence-electron chi connectivity index (χ2n) is 5.48. The standard InChI is InChI=1S/C15H21S.C7H8/c1-5-7-8-14(6-2)16(4)15-11-9-13(3)10-12-15;1-7-5-3-2-4-6-7/h6-12H,5H2,1-4H3;2-6H,1H3/q+1;/b8-7-,14-6+;. The van der Waals surface area contributed by atoms with Crippen molar-refractivity contribution in [3.05, 3.63) is 88.9 Å². The van der Waals surface area contributed by atoms with Gasteiger partial charge in [-0.15, -0.1) is 0 Å². The van der Waals surface area contributed by atoms with Gasteiger partial charge < -0.3 is 0 Å². The van der Waals surface area contributed by atoms with Crippen LogP contribution in [0, 0.1) is 13.8 Å². The Kier molecular flexibility index (Phi) is 9.16. The molecule has 1 heteroatoms. The maximum absolute atomic E-state index is 2.29. The number of benzene rings is 2. The van der Waals surface area contributed by atoms with Crippen molar-refractivity contribution in [2.24, 2.45) is 0 Å². The average molecular weight is 326 g/mol. The molecular weight excluding hydrogens is 296 g/mol. The van der Waals surface area contributed by atoms with Crippen LogP contribution >= 0.6 is 0 Å². The number of rotatable bonds is 4. The van der Waals surface area contributed by atoms with Crippen LogP contribution in [-0.4, -0.2) is 6.26 Å². The second kappa shape index (κ2) is 10.9. The summed E-state index contributed by atoms with van der Waals surface area (Å²) < 4.78 is 0. The third-order valence-electron chi connectivity index (χ3n) is 3.47. The van der Waals surface area contributed by atoms with Gasteiger partial charge in [0, 0.05) is 0 Å². The van der Waals surface area contributed by atoms with E-state index in [9.17, 15) is 0 Å². The van der Waals surface area contributed by atoms with Crippen molar-refractivity contribution in [3.8, 4) is 0 Å². The molecule has 0 heterocycles. The molecule has 0 aromatic heterocycles. The summed E-state index contributed by atoms with van der Waals surface area (Å²) in [6.07, 6.45) is 10.1. The molecule has 0 aliphatic rings. The van der Waals surface area contributed by atoms with Gasteiger partial charge in [-0.25, -0.2) is 0 Å². The predicted octanol–water partition coefficient (Wildman–Crippen LogP) is 6.47. The molecule has 0 aliphatic heterocycles. The molecule has 2 aromatic carbocycles. The highest BCUT2D eigenvalue weighted by atomic mass is 32.2. The molecule has 0 aliphatic carbocycles. The predicted molar refractivity (Wildman–Crippen MR) is 107 cm³/mol.